The number of aliphatic hydroxyl groups excluding tert-OH is 1. The highest BCUT2D eigenvalue weighted by Crippen LogP contribution is 2.29. The third kappa shape index (κ3) is 3.11. The second-order valence-electron chi connectivity index (χ2n) is 5.60. The van der Waals surface area contributed by atoms with Crippen molar-refractivity contribution in [2.45, 2.75) is 37.8 Å². The molecule has 0 amide bonds. The van der Waals surface area contributed by atoms with Gasteiger partial charge in [-0.1, -0.05) is 0 Å². The molecule has 2 aliphatic heterocycles. The van der Waals surface area contributed by atoms with E-state index in [1.165, 1.54) is 10.7 Å². The molecule has 2 rings (SSSR count). The molecule has 2 unspecified atom stereocenters. The van der Waals surface area contributed by atoms with Gasteiger partial charge < -0.3 is 5.11 Å². The SMILES string of the molecule is CN1C2CCC1CN(S(=O)(=O)N(C)CCCO)CC2. The van der Waals surface area contributed by atoms with Crippen molar-refractivity contribution in [3.05, 3.63) is 0 Å². The van der Waals surface area contributed by atoms with Crippen molar-refractivity contribution in [1.82, 2.24) is 13.5 Å². The van der Waals surface area contributed by atoms with Crippen molar-refractivity contribution < 1.29 is 13.5 Å². The Hall–Kier alpha value is -0.210. The Morgan fingerprint density at radius 2 is 1.95 bits per heavy atom. The highest BCUT2D eigenvalue weighted by molar-refractivity contribution is 7.86. The van der Waals surface area contributed by atoms with Crippen LogP contribution in [-0.4, -0.2) is 79.5 Å². The minimum atomic E-state index is -3.37. The number of rotatable bonds is 5. The third-order valence-corrected chi connectivity index (χ3v) is 6.42. The first-order valence-electron chi connectivity index (χ1n) is 7.01. The van der Waals surface area contributed by atoms with Gasteiger partial charge in [0.1, 0.15) is 0 Å². The summed E-state index contributed by atoms with van der Waals surface area (Å²) in [6, 6.07) is 0.890. The van der Waals surface area contributed by atoms with Gasteiger partial charge in [-0.15, -0.1) is 0 Å². The van der Waals surface area contributed by atoms with Gasteiger partial charge in [0.25, 0.3) is 10.2 Å². The second kappa shape index (κ2) is 6.05. The second-order valence-corrected chi connectivity index (χ2v) is 7.64. The molecule has 6 nitrogen and oxygen atoms in total. The van der Waals surface area contributed by atoms with E-state index in [4.69, 9.17) is 5.11 Å². The number of likely N-dealkylation sites (N-methyl/N-ethyl adjacent to an activating group) is 1. The Morgan fingerprint density at radius 1 is 1.26 bits per heavy atom. The monoisotopic (exact) mass is 291 g/mol. The van der Waals surface area contributed by atoms with Crippen LogP contribution in [0.15, 0.2) is 0 Å². The first-order chi connectivity index (χ1) is 8.96. The first kappa shape index (κ1) is 15.2. The average Bonchev–Trinajstić information content (AvgIpc) is 2.59. The van der Waals surface area contributed by atoms with Gasteiger partial charge in [0, 0.05) is 45.4 Å². The molecular formula is C12H25N3O3S. The van der Waals surface area contributed by atoms with E-state index in [1.54, 1.807) is 11.4 Å². The summed E-state index contributed by atoms with van der Waals surface area (Å²) in [5.41, 5.74) is 0. The minimum Gasteiger partial charge on any atom is -0.396 e. The van der Waals surface area contributed by atoms with Crippen molar-refractivity contribution in [2.24, 2.45) is 0 Å². The van der Waals surface area contributed by atoms with Crippen LogP contribution in [0.5, 0.6) is 0 Å². The van der Waals surface area contributed by atoms with Gasteiger partial charge in [-0.05, 0) is 32.7 Å². The van der Waals surface area contributed by atoms with E-state index in [9.17, 15) is 8.42 Å². The molecule has 0 aromatic heterocycles. The zero-order chi connectivity index (χ0) is 14.0. The maximum absolute atomic E-state index is 12.5. The molecule has 0 aromatic carbocycles. The standard InChI is InChI=1S/C12H25N3O3S/c1-13(7-3-9-16)19(17,18)15-8-6-11-4-5-12(10-15)14(11)2/h11-12,16H,3-10H2,1-2H3. The molecule has 112 valence electrons. The van der Waals surface area contributed by atoms with E-state index in [0.717, 1.165) is 12.8 Å². The zero-order valence-electron chi connectivity index (χ0n) is 11.8. The lowest BCUT2D eigenvalue weighted by Crippen LogP contribution is -2.46. The fourth-order valence-corrected chi connectivity index (χ4v) is 4.54. The van der Waals surface area contributed by atoms with E-state index in [-0.39, 0.29) is 6.61 Å². The van der Waals surface area contributed by atoms with Crippen molar-refractivity contribution in [3.8, 4) is 0 Å². The van der Waals surface area contributed by atoms with Crippen LogP contribution < -0.4 is 0 Å². The third-order valence-electron chi connectivity index (χ3n) is 4.46. The molecule has 2 aliphatic rings. The first-order valence-corrected chi connectivity index (χ1v) is 8.40. The highest BCUT2D eigenvalue weighted by atomic mass is 32.2. The van der Waals surface area contributed by atoms with E-state index in [2.05, 4.69) is 11.9 Å². The molecule has 7 heteroatoms. The molecule has 1 N–H and O–H groups in total. The van der Waals surface area contributed by atoms with Gasteiger partial charge >= 0.3 is 0 Å². The van der Waals surface area contributed by atoms with Crippen LogP contribution in [-0.2, 0) is 10.2 Å². The predicted octanol–water partition coefficient (Wildman–Crippen LogP) is -0.286. The van der Waals surface area contributed by atoms with Crippen LogP contribution in [0, 0.1) is 0 Å². The number of hydrogen-bond acceptors (Lipinski definition) is 4. The fourth-order valence-electron chi connectivity index (χ4n) is 3.09. The van der Waals surface area contributed by atoms with Gasteiger partial charge in [0.05, 0.1) is 0 Å². The van der Waals surface area contributed by atoms with Gasteiger partial charge in [-0.25, -0.2) is 0 Å². The molecule has 19 heavy (non-hydrogen) atoms. The topological polar surface area (TPSA) is 64.1 Å². The minimum absolute atomic E-state index is 0.0211. The maximum atomic E-state index is 12.5. The maximum Gasteiger partial charge on any atom is 0.281 e. The highest BCUT2D eigenvalue weighted by Gasteiger charge is 2.39. The summed E-state index contributed by atoms with van der Waals surface area (Å²) in [6.07, 6.45) is 3.68. The van der Waals surface area contributed by atoms with Crippen molar-refractivity contribution in [3.63, 3.8) is 0 Å². The largest absolute Gasteiger partial charge is 0.396 e. The summed E-state index contributed by atoms with van der Waals surface area (Å²) < 4.78 is 27.9. The zero-order valence-corrected chi connectivity index (χ0v) is 12.6. The summed E-state index contributed by atoms with van der Waals surface area (Å²) in [6.45, 7) is 1.60. The molecule has 0 spiro atoms. The fraction of sp³-hybridized carbons (Fsp3) is 1.00. The van der Waals surface area contributed by atoms with E-state index in [0.29, 0.717) is 38.1 Å². The molecule has 0 radical (unpaired) electrons. The lowest BCUT2D eigenvalue weighted by molar-refractivity contribution is 0.243. The normalized spacial score (nSPS) is 29.9. The van der Waals surface area contributed by atoms with E-state index >= 15 is 0 Å². The van der Waals surface area contributed by atoms with Crippen molar-refractivity contribution in [2.75, 3.05) is 40.3 Å². The Balaban J connectivity index is 2.04. The molecular weight excluding hydrogens is 266 g/mol. The summed E-state index contributed by atoms with van der Waals surface area (Å²) in [5.74, 6) is 0. The molecule has 2 fully saturated rings. The summed E-state index contributed by atoms with van der Waals surface area (Å²) >= 11 is 0. The van der Waals surface area contributed by atoms with E-state index < -0.39 is 10.2 Å². The van der Waals surface area contributed by atoms with Gasteiger partial charge in [0.15, 0.2) is 0 Å². The Bertz CT molecular complexity index is 401. The summed E-state index contributed by atoms with van der Waals surface area (Å²) in [4.78, 5) is 2.34. The number of fused-ring (bicyclic) bond motifs is 2. The quantitative estimate of drug-likeness (QED) is 0.756. The summed E-state index contributed by atoms with van der Waals surface area (Å²) in [7, 11) is 0.326. The molecule has 0 saturated carbocycles. The predicted molar refractivity (Wildman–Crippen MR) is 74.0 cm³/mol. The Morgan fingerprint density at radius 3 is 2.63 bits per heavy atom. The van der Waals surface area contributed by atoms with Crippen molar-refractivity contribution in [1.29, 1.82) is 0 Å². The molecule has 0 aromatic rings. The molecule has 0 aliphatic carbocycles. The molecule has 2 atom stereocenters. The van der Waals surface area contributed by atoms with Crippen LogP contribution in [0.1, 0.15) is 25.7 Å². The molecule has 2 heterocycles. The lowest BCUT2D eigenvalue weighted by Gasteiger charge is -2.29. The van der Waals surface area contributed by atoms with E-state index in [1.807, 2.05) is 0 Å². The van der Waals surface area contributed by atoms with Crippen LogP contribution >= 0.6 is 0 Å². The van der Waals surface area contributed by atoms with Gasteiger partial charge in [-0.3, -0.25) is 4.90 Å². The average molecular weight is 291 g/mol. The van der Waals surface area contributed by atoms with Crippen LogP contribution in [0.3, 0.4) is 0 Å². The Kier molecular flexibility index (Phi) is 4.84. The van der Waals surface area contributed by atoms with Crippen molar-refractivity contribution >= 4 is 10.2 Å². The van der Waals surface area contributed by atoms with Gasteiger partial charge in [0.2, 0.25) is 0 Å². The van der Waals surface area contributed by atoms with Gasteiger partial charge in [-0.2, -0.15) is 17.0 Å². The molecule has 2 saturated heterocycles. The molecule has 2 bridgehead atoms. The summed E-state index contributed by atoms with van der Waals surface area (Å²) in [5, 5.41) is 8.82. The lowest BCUT2D eigenvalue weighted by atomic mass is 10.1. The van der Waals surface area contributed by atoms with Crippen LogP contribution in [0.4, 0.5) is 0 Å². The number of aliphatic hydroxyl groups is 1. The smallest absolute Gasteiger partial charge is 0.281 e. The Labute approximate surface area is 116 Å². The number of hydrogen-bond donors (Lipinski definition) is 1. The van der Waals surface area contributed by atoms with Crippen LogP contribution in [0.25, 0.3) is 0 Å². The van der Waals surface area contributed by atoms with Crippen LogP contribution in [0.2, 0.25) is 0 Å². The number of nitrogens with zero attached hydrogens (tertiary/aromatic N) is 3.